The predicted molar refractivity (Wildman–Crippen MR) is 61.0 cm³/mol. The molecule has 0 saturated heterocycles. The van der Waals surface area contributed by atoms with Crippen molar-refractivity contribution < 1.29 is 0 Å². The van der Waals surface area contributed by atoms with Gasteiger partial charge in [-0.2, -0.15) is 5.26 Å². The molecule has 0 bridgehead atoms. The average Bonchev–Trinajstić information content (AvgIpc) is 2.09. The summed E-state index contributed by atoms with van der Waals surface area (Å²) in [6.45, 7) is 12.7. The van der Waals surface area contributed by atoms with Gasteiger partial charge in [0.2, 0.25) is 0 Å². The summed E-state index contributed by atoms with van der Waals surface area (Å²) >= 11 is 0. The lowest BCUT2D eigenvalue weighted by atomic mass is 9.92. The van der Waals surface area contributed by atoms with Gasteiger partial charge in [-0.15, -0.1) is 0 Å². The summed E-state index contributed by atoms with van der Waals surface area (Å²) in [5.74, 6) is 0. The van der Waals surface area contributed by atoms with Crippen molar-refractivity contribution in [1.82, 2.24) is 4.90 Å². The van der Waals surface area contributed by atoms with Gasteiger partial charge in [0.15, 0.2) is 0 Å². The second-order valence-electron chi connectivity index (χ2n) is 5.20. The number of hydrogen-bond donors (Lipinski definition) is 0. The molecular weight excluding hydrogens is 172 g/mol. The van der Waals surface area contributed by atoms with E-state index in [9.17, 15) is 0 Å². The van der Waals surface area contributed by atoms with Gasteiger partial charge in [-0.25, -0.2) is 0 Å². The van der Waals surface area contributed by atoms with Crippen LogP contribution in [0.2, 0.25) is 0 Å². The van der Waals surface area contributed by atoms with Crippen LogP contribution in [0.15, 0.2) is 0 Å². The Balaban J connectivity index is 4.05. The number of rotatable bonds is 5. The van der Waals surface area contributed by atoms with Crippen LogP contribution in [0.4, 0.5) is 0 Å². The highest BCUT2D eigenvalue weighted by molar-refractivity contribution is 4.80. The lowest BCUT2D eigenvalue weighted by molar-refractivity contribution is 0.195. The smallest absolute Gasteiger partial charge is 0.0868 e. The molecule has 0 aromatic rings. The number of nitrogens with zero attached hydrogens (tertiary/aromatic N) is 2. The fraction of sp³-hybridized carbons (Fsp3) is 0.917. The first kappa shape index (κ1) is 13.4. The van der Waals surface area contributed by atoms with Crippen LogP contribution in [-0.4, -0.2) is 24.0 Å². The van der Waals surface area contributed by atoms with E-state index in [0.29, 0.717) is 18.0 Å². The van der Waals surface area contributed by atoms with Gasteiger partial charge in [0.25, 0.3) is 0 Å². The molecule has 0 N–H and O–H groups in total. The first-order valence-corrected chi connectivity index (χ1v) is 5.51. The van der Waals surface area contributed by atoms with Crippen molar-refractivity contribution in [3.05, 3.63) is 0 Å². The zero-order valence-corrected chi connectivity index (χ0v) is 10.3. The highest BCUT2D eigenvalue weighted by Gasteiger charge is 2.16. The molecule has 14 heavy (non-hydrogen) atoms. The van der Waals surface area contributed by atoms with Gasteiger partial charge < -0.3 is 0 Å². The van der Waals surface area contributed by atoms with Crippen molar-refractivity contribution in [2.24, 2.45) is 5.41 Å². The van der Waals surface area contributed by atoms with E-state index >= 15 is 0 Å². The highest BCUT2D eigenvalue weighted by Crippen LogP contribution is 2.19. The van der Waals surface area contributed by atoms with E-state index in [2.05, 4.69) is 45.6 Å². The van der Waals surface area contributed by atoms with Gasteiger partial charge in [-0.05, 0) is 31.7 Å². The van der Waals surface area contributed by atoms with E-state index in [-0.39, 0.29) is 0 Å². The molecule has 82 valence electrons. The Morgan fingerprint density at radius 1 is 1.36 bits per heavy atom. The molecule has 2 nitrogen and oxygen atoms in total. The van der Waals surface area contributed by atoms with E-state index in [0.717, 1.165) is 19.4 Å². The lowest BCUT2D eigenvalue weighted by Gasteiger charge is -2.29. The monoisotopic (exact) mass is 196 g/mol. The molecule has 1 unspecified atom stereocenters. The van der Waals surface area contributed by atoms with Crippen molar-refractivity contribution in [2.45, 2.75) is 53.5 Å². The van der Waals surface area contributed by atoms with Crippen molar-refractivity contribution >= 4 is 0 Å². The summed E-state index contributed by atoms with van der Waals surface area (Å²) in [6.07, 6.45) is 2.27. The van der Waals surface area contributed by atoms with Crippen molar-refractivity contribution in [1.29, 1.82) is 5.26 Å². The van der Waals surface area contributed by atoms with Crippen molar-refractivity contribution in [3.8, 4) is 6.07 Å². The maximum atomic E-state index is 8.72. The third kappa shape index (κ3) is 5.99. The van der Waals surface area contributed by atoms with E-state index in [1.54, 1.807) is 0 Å². The second-order valence-corrected chi connectivity index (χ2v) is 5.20. The van der Waals surface area contributed by atoms with Crippen LogP contribution in [0.1, 0.15) is 47.5 Å². The maximum Gasteiger partial charge on any atom is 0.0868 e. The molecule has 0 aromatic heterocycles. The van der Waals surface area contributed by atoms with Gasteiger partial charge in [0.1, 0.15) is 0 Å². The summed E-state index contributed by atoms with van der Waals surface area (Å²) in [5, 5.41) is 8.72. The SMILES string of the molecule is CCC(C)N(CC#N)CCC(C)(C)C. The van der Waals surface area contributed by atoms with Crippen LogP contribution < -0.4 is 0 Å². The molecule has 2 heteroatoms. The van der Waals surface area contributed by atoms with E-state index in [4.69, 9.17) is 5.26 Å². The first-order chi connectivity index (χ1) is 6.40. The molecule has 0 rings (SSSR count). The van der Waals surface area contributed by atoms with E-state index in [1.807, 2.05) is 0 Å². The largest absolute Gasteiger partial charge is 0.288 e. The fourth-order valence-electron chi connectivity index (χ4n) is 1.28. The molecule has 0 aliphatic carbocycles. The normalized spacial score (nSPS) is 14.1. The van der Waals surface area contributed by atoms with Crippen LogP contribution in [0.3, 0.4) is 0 Å². The molecule has 0 amide bonds. The van der Waals surface area contributed by atoms with Crippen LogP contribution in [0, 0.1) is 16.7 Å². The molecule has 0 fully saturated rings. The van der Waals surface area contributed by atoms with Gasteiger partial charge in [0.05, 0.1) is 12.6 Å². The first-order valence-electron chi connectivity index (χ1n) is 5.51. The zero-order chi connectivity index (χ0) is 11.2. The highest BCUT2D eigenvalue weighted by atomic mass is 15.1. The topological polar surface area (TPSA) is 27.0 Å². The van der Waals surface area contributed by atoms with Gasteiger partial charge in [-0.1, -0.05) is 27.7 Å². The maximum absolute atomic E-state index is 8.72. The molecule has 0 radical (unpaired) electrons. The predicted octanol–water partition coefficient (Wildman–Crippen LogP) is 3.05. The van der Waals surface area contributed by atoms with Crippen LogP contribution >= 0.6 is 0 Å². The lowest BCUT2D eigenvalue weighted by Crippen LogP contribution is -2.35. The van der Waals surface area contributed by atoms with Gasteiger partial charge >= 0.3 is 0 Å². The van der Waals surface area contributed by atoms with Crippen LogP contribution in [0.5, 0.6) is 0 Å². The minimum atomic E-state index is 0.362. The molecule has 0 heterocycles. The summed E-state index contributed by atoms with van der Waals surface area (Å²) in [4.78, 5) is 2.27. The Bertz CT molecular complexity index is 185. The van der Waals surface area contributed by atoms with Crippen molar-refractivity contribution in [3.63, 3.8) is 0 Å². The summed E-state index contributed by atoms with van der Waals surface area (Å²) < 4.78 is 0. The van der Waals surface area contributed by atoms with Crippen LogP contribution in [-0.2, 0) is 0 Å². The molecule has 1 atom stereocenters. The van der Waals surface area contributed by atoms with Gasteiger partial charge in [0, 0.05) is 6.04 Å². The van der Waals surface area contributed by atoms with E-state index < -0.39 is 0 Å². The molecule has 0 saturated carbocycles. The Hall–Kier alpha value is -0.550. The second kappa shape index (κ2) is 6.03. The summed E-state index contributed by atoms with van der Waals surface area (Å²) in [7, 11) is 0. The third-order valence-corrected chi connectivity index (χ3v) is 2.64. The molecular formula is C12H24N2. The number of hydrogen-bond acceptors (Lipinski definition) is 2. The zero-order valence-electron chi connectivity index (χ0n) is 10.3. The molecule has 0 aromatic carbocycles. The Morgan fingerprint density at radius 2 is 1.93 bits per heavy atom. The Labute approximate surface area is 88.9 Å². The average molecular weight is 196 g/mol. The minimum Gasteiger partial charge on any atom is -0.288 e. The Kier molecular flexibility index (Phi) is 5.79. The summed E-state index contributed by atoms with van der Waals surface area (Å²) in [5.41, 5.74) is 0.362. The third-order valence-electron chi connectivity index (χ3n) is 2.64. The van der Waals surface area contributed by atoms with Crippen LogP contribution in [0.25, 0.3) is 0 Å². The minimum absolute atomic E-state index is 0.362. The molecule has 0 spiro atoms. The Morgan fingerprint density at radius 3 is 2.29 bits per heavy atom. The van der Waals surface area contributed by atoms with E-state index in [1.165, 1.54) is 0 Å². The van der Waals surface area contributed by atoms with Crippen molar-refractivity contribution in [2.75, 3.05) is 13.1 Å². The standard InChI is InChI=1S/C12H24N2/c1-6-11(2)14(10-8-13)9-7-12(3,4)5/h11H,6-7,9-10H2,1-5H3. The van der Waals surface area contributed by atoms with Gasteiger partial charge in [-0.3, -0.25) is 4.90 Å². The quantitative estimate of drug-likeness (QED) is 0.632. The molecule has 0 aliphatic rings. The summed E-state index contributed by atoms with van der Waals surface area (Å²) in [6, 6.07) is 2.77. The molecule has 0 aliphatic heterocycles. The number of nitriles is 1. The fourth-order valence-corrected chi connectivity index (χ4v) is 1.28.